The molecule has 0 spiro atoms. The maximum Gasteiger partial charge on any atom is 0.408 e. The van der Waals surface area contributed by atoms with Crippen molar-refractivity contribution in [3.8, 4) is 0 Å². The maximum atomic E-state index is 14.0. The number of hydrogen-bond acceptors (Lipinski definition) is 8. The lowest BCUT2D eigenvalue weighted by atomic mass is 10.0. The highest BCUT2D eigenvalue weighted by Crippen LogP contribution is 2.45. The van der Waals surface area contributed by atoms with Crippen LogP contribution in [0.5, 0.6) is 0 Å². The van der Waals surface area contributed by atoms with Gasteiger partial charge in [-0.15, -0.1) is 10.2 Å². The monoisotopic (exact) mass is 573 g/mol. The van der Waals surface area contributed by atoms with Crippen LogP contribution in [0.25, 0.3) is 0 Å². The molecule has 226 valence electrons. The number of tetrazole rings is 1. The number of carboxylic acid groups (broad SMARTS) is 1. The van der Waals surface area contributed by atoms with Crippen LogP contribution in [0.3, 0.4) is 0 Å². The van der Waals surface area contributed by atoms with Crippen LogP contribution in [0.1, 0.15) is 97.3 Å². The molecule has 1 aromatic rings. The molecule has 0 aromatic carbocycles. The first-order valence-corrected chi connectivity index (χ1v) is 14.7. The van der Waals surface area contributed by atoms with Gasteiger partial charge in [0, 0.05) is 25.3 Å². The van der Waals surface area contributed by atoms with Gasteiger partial charge in [0.05, 0.1) is 6.04 Å². The summed E-state index contributed by atoms with van der Waals surface area (Å²) in [5, 5.41) is 28.3. The van der Waals surface area contributed by atoms with Crippen LogP contribution in [-0.4, -0.2) is 83.9 Å². The topological polar surface area (TPSA) is 169 Å². The first-order valence-electron chi connectivity index (χ1n) is 14.7. The second-order valence-corrected chi connectivity index (χ2v) is 12.4. The molecule has 1 saturated heterocycles. The number of rotatable bonds is 6. The van der Waals surface area contributed by atoms with Crippen LogP contribution < -0.4 is 10.6 Å². The first-order chi connectivity index (χ1) is 19.4. The number of nitrogens with one attached hydrogen (secondary N) is 2. The Bertz CT molecular complexity index is 1160. The molecule has 1 aromatic heterocycles. The third-order valence-electron chi connectivity index (χ3n) is 7.88. The summed E-state index contributed by atoms with van der Waals surface area (Å²) in [7, 11) is 0. The summed E-state index contributed by atoms with van der Waals surface area (Å²) in [6.07, 6.45) is 9.69. The van der Waals surface area contributed by atoms with Gasteiger partial charge >= 0.3 is 12.1 Å². The van der Waals surface area contributed by atoms with Crippen LogP contribution in [-0.2, 0) is 25.5 Å². The number of amides is 3. The number of carbonyl (C=O) groups excluding carboxylic acids is 3. The zero-order valence-electron chi connectivity index (χ0n) is 24.5. The molecule has 0 unspecified atom stereocenters. The Kier molecular flexibility index (Phi) is 9.33. The molecule has 0 bridgehead atoms. The number of carboxylic acids is 1. The van der Waals surface area contributed by atoms with Gasteiger partial charge in [0.25, 0.3) is 0 Å². The fourth-order valence-corrected chi connectivity index (χ4v) is 5.54. The summed E-state index contributed by atoms with van der Waals surface area (Å²) < 4.78 is 5.42. The fraction of sp³-hybridized carbons (Fsp3) is 0.750. The predicted molar refractivity (Wildman–Crippen MR) is 148 cm³/mol. The molecule has 1 aliphatic carbocycles. The number of aromatic nitrogens is 4. The van der Waals surface area contributed by atoms with E-state index in [9.17, 15) is 24.3 Å². The van der Waals surface area contributed by atoms with Gasteiger partial charge in [-0.25, -0.2) is 9.59 Å². The lowest BCUT2D eigenvalue weighted by Crippen LogP contribution is -2.56. The van der Waals surface area contributed by atoms with Crippen LogP contribution in [0.4, 0.5) is 4.79 Å². The highest BCUT2D eigenvalue weighted by atomic mass is 16.6. The van der Waals surface area contributed by atoms with E-state index in [1.807, 2.05) is 12.2 Å². The minimum absolute atomic E-state index is 0.121. The smallest absolute Gasteiger partial charge is 0.408 e. The number of ether oxygens (including phenoxy) is 1. The molecule has 0 radical (unpaired) electrons. The van der Waals surface area contributed by atoms with E-state index in [1.165, 1.54) is 9.70 Å². The number of fused-ring (bicyclic) bond motifs is 2. The SMILES string of the molecule is CCCCc1nnn([C@@H]2C[C@H]3C(=O)N[C@]4(C(=O)O)C[C@H]4/C=C\CCCCC[C@H](NC(=O)OC(C)(C)C)C(=O)N3C2)n1. The molecule has 5 atom stereocenters. The van der Waals surface area contributed by atoms with Crippen molar-refractivity contribution in [1.29, 1.82) is 0 Å². The Hall–Kier alpha value is -3.51. The minimum atomic E-state index is -1.40. The molecular weight excluding hydrogens is 530 g/mol. The standard InChI is InChI=1S/C28H43N7O6/c1-5-6-14-22-31-33-35(32-22)19-15-21-23(36)30-28(25(38)39)16-18(28)12-10-8-7-9-11-13-20(24(37)34(21)17-19)29-26(40)41-27(2,3)4/h10,12,18-21H,5-9,11,13-17H2,1-4H3,(H,29,40)(H,30,36)(H,38,39)/b12-10-/t18-,19-,20+,21+,28-/m1/s1. The summed E-state index contributed by atoms with van der Waals surface area (Å²) >= 11 is 0. The largest absolute Gasteiger partial charge is 0.479 e. The van der Waals surface area contributed by atoms with E-state index in [2.05, 4.69) is 33.0 Å². The van der Waals surface area contributed by atoms with E-state index in [-0.39, 0.29) is 18.9 Å². The lowest BCUT2D eigenvalue weighted by molar-refractivity contribution is -0.145. The molecule has 2 aliphatic heterocycles. The van der Waals surface area contributed by atoms with Gasteiger partial charge in [-0.2, -0.15) is 4.80 Å². The Morgan fingerprint density at radius 3 is 2.73 bits per heavy atom. The number of alkyl carbamates (subject to hydrolysis) is 1. The number of aryl methyl sites for hydroxylation is 1. The van der Waals surface area contributed by atoms with Gasteiger partial charge < -0.3 is 25.4 Å². The first kappa shape index (κ1) is 30.4. The number of carbonyl (C=O) groups is 4. The van der Waals surface area contributed by atoms with Crippen LogP contribution in [0, 0.1) is 5.92 Å². The second-order valence-electron chi connectivity index (χ2n) is 12.4. The third-order valence-corrected chi connectivity index (χ3v) is 7.88. The second kappa shape index (κ2) is 12.6. The zero-order chi connectivity index (χ0) is 29.8. The normalized spacial score (nSPS) is 29.8. The van der Waals surface area contributed by atoms with Gasteiger partial charge in [0.2, 0.25) is 11.8 Å². The van der Waals surface area contributed by atoms with Crippen molar-refractivity contribution in [3.05, 3.63) is 18.0 Å². The molecule has 13 nitrogen and oxygen atoms in total. The molecule has 3 heterocycles. The van der Waals surface area contributed by atoms with E-state index in [0.717, 1.165) is 32.1 Å². The molecule has 2 fully saturated rings. The molecular formula is C28H43N7O6. The molecule has 4 rings (SSSR count). The van der Waals surface area contributed by atoms with Gasteiger partial charge in [0.15, 0.2) is 5.82 Å². The number of allylic oxidation sites excluding steroid dienone is 1. The number of hydrogen-bond donors (Lipinski definition) is 3. The van der Waals surface area contributed by atoms with Gasteiger partial charge in [0.1, 0.15) is 23.2 Å². The van der Waals surface area contributed by atoms with E-state index in [1.54, 1.807) is 20.8 Å². The summed E-state index contributed by atoms with van der Waals surface area (Å²) in [6, 6.07) is -2.31. The van der Waals surface area contributed by atoms with Gasteiger partial charge in [-0.3, -0.25) is 9.59 Å². The Morgan fingerprint density at radius 2 is 2.02 bits per heavy atom. The van der Waals surface area contributed by atoms with Crippen molar-refractivity contribution in [2.45, 2.75) is 121 Å². The highest BCUT2D eigenvalue weighted by Gasteiger charge is 2.61. The van der Waals surface area contributed by atoms with Crippen molar-refractivity contribution < 1.29 is 29.0 Å². The van der Waals surface area contributed by atoms with Crippen molar-refractivity contribution >= 4 is 23.9 Å². The zero-order valence-corrected chi connectivity index (χ0v) is 24.5. The molecule has 1 saturated carbocycles. The van der Waals surface area contributed by atoms with E-state index in [4.69, 9.17) is 4.74 Å². The van der Waals surface area contributed by atoms with Crippen molar-refractivity contribution in [1.82, 2.24) is 35.7 Å². The van der Waals surface area contributed by atoms with Crippen LogP contribution >= 0.6 is 0 Å². The third kappa shape index (κ3) is 7.42. The van der Waals surface area contributed by atoms with Crippen molar-refractivity contribution in [2.75, 3.05) is 6.54 Å². The number of unbranched alkanes of at least 4 members (excludes halogenated alkanes) is 1. The molecule has 3 aliphatic rings. The highest BCUT2D eigenvalue weighted by molar-refractivity contribution is 5.96. The predicted octanol–water partition coefficient (Wildman–Crippen LogP) is 2.53. The van der Waals surface area contributed by atoms with Crippen molar-refractivity contribution in [3.63, 3.8) is 0 Å². The Balaban J connectivity index is 1.62. The average Bonchev–Trinajstić information content (AvgIpc) is 3.22. The Labute approximate surface area is 240 Å². The molecule has 3 amide bonds. The van der Waals surface area contributed by atoms with Crippen molar-refractivity contribution in [2.24, 2.45) is 5.92 Å². The quantitative estimate of drug-likeness (QED) is 0.433. The summed E-state index contributed by atoms with van der Waals surface area (Å²) in [5.74, 6) is -1.78. The molecule has 41 heavy (non-hydrogen) atoms. The summed E-state index contributed by atoms with van der Waals surface area (Å²) in [6.45, 7) is 7.42. The summed E-state index contributed by atoms with van der Waals surface area (Å²) in [5.41, 5.74) is -2.14. The van der Waals surface area contributed by atoms with E-state index < -0.39 is 53.1 Å². The van der Waals surface area contributed by atoms with Crippen LogP contribution in [0.2, 0.25) is 0 Å². The lowest BCUT2D eigenvalue weighted by Gasteiger charge is -2.30. The van der Waals surface area contributed by atoms with E-state index in [0.29, 0.717) is 31.5 Å². The van der Waals surface area contributed by atoms with Gasteiger partial charge in [-0.1, -0.05) is 38.3 Å². The molecule has 3 N–H and O–H groups in total. The minimum Gasteiger partial charge on any atom is -0.479 e. The number of aliphatic carboxylic acids is 1. The van der Waals surface area contributed by atoms with Gasteiger partial charge in [-0.05, 0) is 58.1 Å². The molecule has 13 heteroatoms. The number of nitrogens with zero attached hydrogens (tertiary/aromatic N) is 5. The maximum absolute atomic E-state index is 14.0. The fourth-order valence-electron chi connectivity index (χ4n) is 5.54. The Morgan fingerprint density at radius 1 is 1.24 bits per heavy atom. The van der Waals surface area contributed by atoms with Crippen LogP contribution in [0.15, 0.2) is 12.2 Å². The summed E-state index contributed by atoms with van der Waals surface area (Å²) in [4.78, 5) is 55.5. The average molecular weight is 574 g/mol. The van der Waals surface area contributed by atoms with E-state index >= 15 is 0 Å².